The highest BCUT2D eigenvalue weighted by Crippen LogP contribution is 2.18. The van der Waals surface area contributed by atoms with Crippen LogP contribution in [0.25, 0.3) is 0 Å². The molecule has 0 aliphatic carbocycles. The van der Waals surface area contributed by atoms with Crippen LogP contribution in [0, 0.1) is 0 Å². The molecule has 1 saturated heterocycles. The fraction of sp³-hybridized carbons (Fsp3) is 0.727. The number of amides is 3. The molecule has 1 unspecified atom stereocenters. The van der Waals surface area contributed by atoms with Crippen LogP contribution in [-0.2, 0) is 14.3 Å². The number of carbonyl (C=O) groups is 3. The molecule has 0 radical (unpaired) electrons. The molecular formula is C11H18N2O4. The summed E-state index contributed by atoms with van der Waals surface area (Å²) in [6, 6.07) is 0. The van der Waals surface area contributed by atoms with Gasteiger partial charge in [0.1, 0.15) is 11.1 Å². The van der Waals surface area contributed by atoms with E-state index in [4.69, 9.17) is 4.74 Å². The fourth-order valence-electron chi connectivity index (χ4n) is 1.45. The first kappa shape index (κ1) is 13.5. The van der Waals surface area contributed by atoms with Gasteiger partial charge in [0.2, 0.25) is 5.91 Å². The highest BCUT2D eigenvalue weighted by atomic mass is 16.6. The molecular weight excluding hydrogens is 224 g/mol. The second-order valence-electron chi connectivity index (χ2n) is 5.34. The molecule has 1 aliphatic heterocycles. The Labute approximate surface area is 100 Å². The van der Waals surface area contributed by atoms with Gasteiger partial charge in [0, 0.05) is 6.42 Å². The van der Waals surface area contributed by atoms with Crippen molar-refractivity contribution in [3.63, 3.8) is 0 Å². The smallest absolute Gasteiger partial charge is 0.408 e. The van der Waals surface area contributed by atoms with Crippen molar-refractivity contribution >= 4 is 17.9 Å². The molecule has 0 aromatic carbocycles. The van der Waals surface area contributed by atoms with E-state index in [1.807, 2.05) is 0 Å². The topological polar surface area (TPSA) is 84.5 Å². The predicted octanol–water partition coefficient (Wildman–Crippen LogP) is 0.706. The van der Waals surface area contributed by atoms with Gasteiger partial charge >= 0.3 is 6.09 Å². The van der Waals surface area contributed by atoms with Crippen LogP contribution in [0.4, 0.5) is 4.79 Å². The van der Waals surface area contributed by atoms with Crippen LogP contribution in [0.3, 0.4) is 0 Å². The summed E-state index contributed by atoms with van der Waals surface area (Å²) in [7, 11) is 0. The van der Waals surface area contributed by atoms with Crippen molar-refractivity contribution < 1.29 is 19.1 Å². The van der Waals surface area contributed by atoms with Gasteiger partial charge in [-0.2, -0.15) is 0 Å². The largest absolute Gasteiger partial charge is 0.444 e. The SMILES string of the molecule is CC(C)(C)OC(=O)NC1(C)CCC(=O)NC1=O. The van der Waals surface area contributed by atoms with E-state index in [0.29, 0.717) is 0 Å². The second-order valence-corrected chi connectivity index (χ2v) is 5.34. The van der Waals surface area contributed by atoms with E-state index in [9.17, 15) is 14.4 Å². The van der Waals surface area contributed by atoms with E-state index < -0.39 is 23.1 Å². The van der Waals surface area contributed by atoms with E-state index in [2.05, 4.69) is 10.6 Å². The summed E-state index contributed by atoms with van der Waals surface area (Å²) in [5.41, 5.74) is -1.71. The Bertz CT molecular complexity index is 359. The van der Waals surface area contributed by atoms with Crippen LogP contribution in [0.1, 0.15) is 40.5 Å². The Morgan fingerprint density at radius 1 is 1.41 bits per heavy atom. The van der Waals surface area contributed by atoms with Crippen LogP contribution in [0.5, 0.6) is 0 Å². The minimum atomic E-state index is -1.09. The minimum Gasteiger partial charge on any atom is -0.444 e. The van der Waals surface area contributed by atoms with Crippen molar-refractivity contribution in [2.45, 2.75) is 51.7 Å². The summed E-state index contributed by atoms with van der Waals surface area (Å²) in [4.78, 5) is 34.2. The molecule has 0 aromatic rings. The standard InChI is InChI=1S/C11H18N2O4/c1-10(2,3)17-9(16)13-11(4)6-5-7(14)12-8(11)15/h5-6H2,1-4H3,(H,13,16)(H,12,14,15). The number of rotatable bonds is 1. The molecule has 0 aromatic heterocycles. The first-order valence-corrected chi connectivity index (χ1v) is 5.48. The maximum absolute atomic E-state index is 11.6. The lowest BCUT2D eigenvalue weighted by Crippen LogP contribution is -2.61. The Morgan fingerprint density at radius 3 is 2.47 bits per heavy atom. The van der Waals surface area contributed by atoms with Crippen molar-refractivity contribution in [1.82, 2.24) is 10.6 Å². The van der Waals surface area contributed by atoms with Crippen LogP contribution < -0.4 is 10.6 Å². The first-order chi connectivity index (χ1) is 7.62. The van der Waals surface area contributed by atoms with Crippen LogP contribution in [0.2, 0.25) is 0 Å². The van der Waals surface area contributed by atoms with E-state index in [1.165, 1.54) is 0 Å². The van der Waals surface area contributed by atoms with Gasteiger partial charge < -0.3 is 10.1 Å². The summed E-state index contributed by atoms with van der Waals surface area (Å²) in [5.74, 6) is -0.821. The van der Waals surface area contributed by atoms with E-state index in [1.54, 1.807) is 27.7 Å². The van der Waals surface area contributed by atoms with E-state index in [-0.39, 0.29) is 18.7 Å². The van der Waals surface area contributed by atoms with Crippen molar-refractivity contribution in [3.8, 4) is 0 Å². The molecule has 1 fully saturated rings. The number of hydrogen-bond acceptors (Lipinski definition) is 4. The zero-order valence-electron chi connectivity index (χ0n) is 10.5. The summed E-state index contributed by atoms with van der Waals surface area (Å²) >= 11 is 0. The van der Waals surface area contributed by atoms with Gasteiger partial charge in [-0.3, -0.25) is 14.9 Å². The molecule has 1 atom stereocenters. The number of alkyl carbamates (subject to hydrolysis) is 1. The molecule has 3 amide bonds. The Kier molecular flexibility index (Phi) is 3.45. The maximum Gasteiger partial charge on any atom is 0.408 e. The van der Waals surface area contributed by atoms with Crippen LogP contribution in [0.15, 0.2) is 0 Å². The summed E-state index contributed by atoms with van der Waals surface area (Å²) < 4.78 is 5.07. The number of piperidine rings is 1. The predicted molar refractivity (Wildman–Crippen MR) is 60.2 cm³/mol. The van der Waals surface area contributed by atoms with Gasteiger partial charge in [0.25, 0.3) is 5.91 Å². The molecule has 1 heterocycles. The molecule has 0 bridgehead atoms. The summed E-state index contributed by atoms with van der Waals surface area (Å²) in [6.45, 7) is 6.77. The molecule has 6 heteroatoms. The van der Waals surface area contributed by atoms with Gasteiger partial charge in [-0.15, -0.1) is 0 Å². The first-order valence-electron chi connectivity index (χ1n) is 5.48. The summed E-state index contributed by atoms with van der Waals surface area (Å²) in [5, 5.41) is 4.69. The van der Waals surface area contributed by atoms with Crippen molar-refractivity contribution in [2.75, 3.05) is 0 Å². The van der Waals surface area contributed by atoms with Gasteiger partial charge in [-0.25, -0.2) is 4.79 Å². The molecule has 0 spiro atoms. The fourth-order valence-corrected chi connectivity index (χ4v) is 1.45. The average molecular weight is 242 g/mol. The van der Waals surface area contributed by atoms with Crippen LogP contribution in [-0.4, -0.2) is 29.0 Å². The maximum atomic E-state index is 11.6. The van der Waals surface area contributed by atoms with Crippen molar-refractivity contribution in [1.29, 1.82) is 0 Å². The second kappa shape index (κ2) is 4.35. The van der Waals surface area contributed by atoms with Crippen LogP contribution >= 0.6 is 0 Å². The molecule has 2 N–H and O–H groups in total. The lowest BCUT2D eigenvalue weighted by Gasteiger charge is -2.33. The number of carbonyl (C=O) groups excluding carboxylic acids is 3. The van der Waals surface area contributed by atoms with Crippen molar-refractivity contribution in [2.24, 2.45) is 0 Å². The number of hydrogen-bond donors (Lipinski definition) is 2. The number of imide groups is 1. The van der Waals surface area contributed by atoms with Crippen molar-refractivity contribution in [3.05, 3.63) is 0 Å². The average Bonchev–Trinajstić information content (AvgIpc) is 2.09. The third kappa shape index (κ3) is 3.72. The third-order valence-electron chi connectivity index (χ3n) is 2.38. The lowest BCUT2D eigenvalue weighted by molar-refractivity contribution is -0.138. The molecule has 0 saturated carbocycles. The quantitative estimate of drug-likeness (QED) is 0.663. The number of nitrogens with one attached hydrogen (secondary N) is 2. The van der Waals surface area contributed by atoms with Gasteiger partial charge in [0.15, 0.2) is 0 Å². The monoisotopic (exact) mass is 242 g/mol. The van der Waals surface area contributed by atoms with Gasteiger partial charge in [-0.1, -0.05) is 0 Å². The Hall–Kier alpha value is -1.59. The van der Waals surface area contributed by atoms with E-state index in [0.717, 1.165) is 0 Å². The zero-order chi connectivity index (χ0) is 13.3. The highest BCUT2D eigenvalue weighted by molar-refractivity contribution is 6.03. The minimum absolute atomic E-state index is 0.206. The van der Waals surface area contributed by atoms with E-state index >= 15 is 0 Å². The Balaban J connectivity index is 2.64. The molecule has 1 rings (SSSR count). The highest BCUT2D eigenvalue weighted by Gasteiger charge is 2.40. The number of ether oxygens (including phenoxy) is 1. The molecule has 17 heavy (non-hydrogen) atoms. The molecule has 96 valence electrons. The zero-order valence-corrected chi connectivity index (χ0v) is 10.5. The molecule has 6 nitrogen and oxygen atoms in total. The normalized spacial score (nSPS) is 25.2. The summed E-state index contributed by atoms with van der Waals surface area (Å²) in [6.07, 6.45) is -0.181. The van der Waals surface area contributed by atoms with Gasteiger partial charge in [-0.05, 0) is 34.1 Å². The Morgan fingerprint density at radius 2 is 2.00 bits per heavy atom. The van der Waals surface area contributed by atoms with Gasteiger partial charge in [0.05, 0.1) is 0 Å². The lowest BCUT2D eigenvalue weighted by atomic mass is 9.91. The third-order valence-corrected chi connectivity index (χ3v) is 2.38. The molecule has 1 aliphatic rings.